The minimum absolute atomic E-state index is 0.0168. The molecule has 1 N–H and O–H groups in total. The highest BCUT2D eigenvalue weighted by Crippen LogP contribution is 2.24. The number of ketones is 1. The summed E-state index contributed by atoms with van der Waals surface area (Å²) in [5, 5.41) is 9.63. The van der Waals surface area contributed by atoms with Crippen molar-refractivity contribution in [3.8, 4) is 11.5 Å². The summed E-state index contributed by atoms with van der Waals surface area (Å²) in [7, 11) is 0. The van der Waals surface area contributed by atoms with E-state index in [1.807, 2.05) is 0 Å². The smallest absolute Gasteiger partial charge is 0.331 e. The number of ether oxygens (including phenoxy) is 4. The maximum atomic E-state index is 12.0. The Bertz CT molecular complexity index is 1050. The molecule has 0 saturated carbocycles. The molecule has 1 aliphatic heterocycles. The number of carbonyl (C=O) groups excluding carboxylic acids is 3. The highest BCUT2D eigenvalue weighted by Gasteiger charge is 2.46. The molecule has 9 nitrogen and oxygen atoms in total. The number of carboxylic acids is 1. The summed E-state index contributed by atoms with van der Waals surface area (Å²) in [5.74, 6) is -4.56. The van der Waals surface area contributed by atoms with Crippen LogP contribution in [-0.4, -0.2) is 47.8 Å². The first-order valence-electron chi connectivity index (χ1n) is 11.4. The minimum atomic E-state index is -1.50. The Hall–Kier alpha value is -3.30. The third-order valence-electron chi connectivity index (χ3n) is 4.75. The van der Waals surface area contributed by atoms with Crippen LogP contribution in [0, 0.1) is 5.92 Å². The van der Waals surface area contributed by atoms with Gasteiger partial charge in [0.05, 0.1) is 13.2 Å². The Morgan fingerprint density at radius 2 is 1.22 bits per heavy atom. The monoisotopic (exact) mass is 554 g/mol. The molecule has 1 fully saturated rings. The Morgan fingerprint density at radius 3 is 1.62 bits per heavy atom. The molecule has 11 heteroatoms. The lowest BCUT2D eigenvalue weighted by atomic mass is 9.99. The van der Waals surface area contributed by atoms with Crippen molar-refractivity contribution in [3.63, 3.8) is 0 Å². The fourth-order valence-corrected chi connectivity index (χ4v) is 3.29. The van der Waals surface area contributed by atoms with Crippen molar-refractivity contribution in [2.24, 2.45) is 5.92 Å². The number of carboxylic acid groups (broad SMARTS) is 1. The van der Waals surface area contributed by atoms with Gasteiger partial charge in [-0.1, -0.05) is 23.2 Å². The first kappa shape index (κ1) is 29.9. The van der Waals surface area contributed by atoms with E-state index in [1.54, 1.807) is 48.5 Å². The molecule has 0 bridgehead atoms. The summed E-state index contributed by atoms with van der Waals surface area (Å²) < 4.78 is 20.6. The molecule has 200 valence electrons. The van der Waals surface area contributed by atoms with Gasteiger partial charge in [0.15, 0.2) is 5.78 Å². The molecule has 3 rings (SSSR count). The second-order valence-electron chi connectivity index (χ2n) is 8.35. The predicted molar refractivity (Wildman–Crippen MR) is 135 cm³/mol. The largest absolute Gasteiger partial charge is 0.494 e. The Labute approximate surface area is 224 Å². The van der Waals surface area contributed by atoms with Crippen LogP contribution in [0.4, 0.5) is 0 Å². The molecule has 0 unspecified atom stereocenters. The maximum Gasteiger partial charge on any atom is 0.331 e. The molecule has 0 atom stereocenters. The molecular formula is C26H28Cl2O9. The van der Waals surface area contributed by atoms with Crippen LogP contribution in [0.5, 0.6) is 11.5 Å². The standard InChI is InChI=1S/C16H17ClO6.C10H11ClO3/c1-16(2)22-14(19)13(15(20)23-16)12(18)4-3-9-21-11-7-5-10(17)6-8-11;11-8-3-5-9(6-4-8)14-7-1-2-10(12)13/h5-8,13H,3-4,9H2,1-2H3;3-6H,1-2,7H2,(H,12,13). The number of hydrogen-bond acceptors (Lipinski definition) is 8. The van der Waals surface area contributed by atoms with Crippen LogP contribution in [-0.2, 0) is 28.7 Å². The molecule has 2 aromatic carbocycles. The lowest BCUT2D eigenvalue weighted by molar-refractivity contribution is -0.238. The van der Waals surface area contributed by atoms with Crippen molar-refractivity contribution in [2.75, 3.05) is 13.2 Å². The van der Waals surface area contributed by atoms with Gasteiger partial charge in [0.1, 0.15) is 11.5 Å². The topological polar surface area (TPSA) is 125 Å². The van der Waals surface area contributed by atoms with E-state index in [2.05, 4.69) is 0 Å². The van der Waals surface area contributed by atoms with Gasteiger partial charge < -0.3 is 24.1 Å². The average molecular weight is 555 g/mol. The first-order valence-corrected chi connectivity index (χ1v) is 12.2. The van der Waals surface area contributed by atoms with E-state index in [0.29, 0.717) is 41.0 Å². The van der Waals surface area contributed by atoms with Gasteiger partial charge in [-0.15, -0.1) is 0 Å². The number of carbonyl (C=O) groups is 4. The van der Waals surface area contributed by atoms with Gasteiger partial charge in [0.25, 0.3) is 5.79 Å². The van der Waals surface area contributed by atoms with Crippen molar-refractivity contribution in [1.82, 2.24) is 0 Å². The summed E-state index contributed by atoms with van der Waals surface area (Å²) in [5.41, 5.74) is 0. The van der Waals surface area contributed by atoms with Crippen molar-refractivity contribution in [2.45, 2.75) is 45.3 Å². The summed E-state index contributed by atoms with van der Waals surface area (Å²) in [6.07, 6.45) is 1.02. The number of halogens is 2. The Morgan fingerprint density at radius 1 is 0.811 bits per heavy atom. The number of benzene rings is 2. The van der Waals surface area contributed by atoms with Gasteiger partial charge in [0, 0.05) is 36.7 Å². The first-order chi connectivity index (χ1) is 17.5. The highest BCUT2D eigenvalue weighted by molar-refractivity contribution is 6.30. The second kappa shape index (κ2) is 14.4. The van der Waals surface area contributed by atoms with Crippen LogP contribution in [0.3, 0.4) is 0 Å². The third kappa shape index (κ3) is 11.1. The fourth-order valence-electron chi connectivity index (χ4n) is 3.04. The van der Waals surface area contributed by atoms with Crippen molar-refractivity contribution in [3.05, 3.63) is 58.6 Å². The zero-order valence-electron chi connectivity index (χ0n) is 20.4. The van der Waals surface area contributed by atoms with Gasteiger partial charge in [0.2, 0.25) is 5.92 Å². The van der Waals surface area contributed by atoms with E-state index in [4.69, 9.17) is 47.3 Å². The molecule has 0 aromatic heterocycles. The quantitative estimate of drug-likeness (QED) is 0.229. The number of rotatable bonds is 11. The predicted octanol–water partition coefficient (Wildman–Crippen LogP) is 5.10. The summed E-state index contributed by atoms with van der Waals surface area (Å²) in [6, 6.07) is 13.8. The van der Waals surface area contributed by atoms with Crippen LogP contribution in [0.15, 0.2) is 48.5 Å². The van der Waals surface area contributed by atoms with Gasteiger partial charge in [-0.2, -0.15) is 0 Å². The van der Waals surface area contributed by atoms with Crippen molar-refractivity contribution in [1.29, 1.82) is 0 Å². The molecule has 0 spiro atoms. The van der Waals surface area contributed by atoms with Crippen LogP contribution in [0.25, 0.3) is 0 Å². The molecule has 1 aliphatic rings. The zero-order chi connectivity index (χ0) is 27.4. The SMILES string of the molecule is CC1(C)OC(=O)C(C(=O)CCCOc2ccc(Cl)cc2)C(=O)O1.O=C(O)CCCOc1ccc(Cl)cc1. The lowest BCUT2D eigenvalue weighted by Crippen LogP contribution is -2.49. The number of cyclic esters (lactones) is 2. The number of aliphatic carboxylic acids is 1. The molecule has 1 heterocycles. The fraction of sp³-hybridized carbons (Fsp3) is 0.385. The molecule has 0 radical (unpaired) electrons. The van der Waals surface area contributed by atoms with Crippen LogP contribution < -0.4 is 9.47 Å². The lowest BCUT2D eigenvalue weighted by Gasteiger charge is -2.32. The van der Waals surface area contributed by atoms with E-state index in [-0.39, 0.29) is 19.4 Å². The van der Waals surface area contributed by atoms with E-state index in [0.717, 1.165) is 0 Å². The molecule has 37 heavy (non-hydrogen) atoms. The van der Waals surface area contributed by atoms with E-state index >= 15 is 0 Å². The van der Waals surface area contributed by atoms with Crippen LogP contribution in [0.1, 0.15) is 39.5 Å². The Balaban J connectivity index is 0.000000294. The van der Waals surface area contributed by atoms with E-state index < -0.39 is 35.4 Å². The molecule has 1 saturated heterocycles. The molecule has 0 amide bonds. The second-order valence-corrected chi connectivity index (χ2v) is 9.22. The summed E-state index contributed by atoms with van der Waals surface area (Å²) in [4.78, 5) is 45.7. The third-order valence-corrected chi connectivity index (χ3v) is 5.26. The summed E-state index contributed by atoms with van der Waals surface area (Å²) in [6.45, 7) is 3.55. The van der Waals surface area contributed by atoms with E-state index in [1.165, 1.54) is 13.8 Å². The highest BCUT2D eigenvalue weighted by atomic mass is 35.5. The maximum absolute atomic E-state index is 12.0. The van der Waals surface area contributed by atoms with Gasteiger partial charge in [-0.3, -0.25) is 19.2 Å². The number of esters is 2. The molecule has 2 aromatic rings. The molecule has 0 aliphatic carbocycles. The Kier molecular flexibility index (Phi) is 11.7. The van der Waals surface area contributed by atoms with Crippen molar-refractivity contribution < 1.29 is 43.2 Å². The zero-order valence-corrected chi connectivity index (χ0v) is 21.9. The van der Waals surface area contributed by atoms with Crippen LogP contribution in [0.2, 0.25) is 10.0 Å². The van der Waals surface area contributed by atoms with Crippen molar-refractivity contribution >= 4 is 46.9 Å². The van der Waals surface area contributed by atoms with Gasteiger partial charge in [-0.05, 0) is 61.4 Å². The number of hydrogen-bond donors (Lipinski definition) is 1. The van der Waals surface area contributed by atoms with Crippen LogP contribution >= 0.6 is 23.2 Å². The van der Waals surface area contributed by atoms with E-state index in [9.17, 15) is 19.2 Å². The minimum Gasteiger partial charge on any atom is -0.494 e. The summed E-state index contributed by atoms with van der Waals surface area (Å²) >= 11 is 11.4. The van der Waals surface area contributed by atoms with Gasteiger partial charge >= 0.3 is 17.9 Å². The number of Topliss-reactive ketones (excluding diaryl/α,β-unsaturated/α-hetero) is 1. The molecular weight excluding hydrogens is 527 g/mol. The van der Waals surface area contributed by atoms with Gasteiger partial charge in [-0.25, -0.2) is 0 Å². The average Bonchev–Trinajstić information content (AvgIpc) is 2.81. The normalized spacial score (nSPS) is 14.5.